The van der Waals surface area contributed by atoms with Crippen molar-refractivity contribution in [3.05, 3.63) is 0 Å². The first-order valence-corrected chi connectivity index (χ1v) is 0. The molecule has 0 N–H and O–H groups in total. The molecule has 0 saturated carbocycles. The zero-order chi connectivity index (χ0) is 0. The maximum Gasteiger partial charge on any atom is 0 e. The second-order valence-corrected chi connectivity index (χ2v) is 0. The molecular formula is Ag4Rb. The Kier molecular flexibility index (Phi) is 154. The molecule has 0 saturated heterocycles. The van der Waals surface area contributed by atoms with Gasteiger partial charge in [-0.25, -0.2) is 0 Å². The molecular weight excluding hydrogens is 517 g/mol. The van der Waals surface area contributed by atoms with E-state index in [4.69, 9.17) is 0 Å². The van der Waals surface area contributed by atoms with Crippen LogP contribution in [0.5, 0.6) is 0 Å². The summed E-state index contributed by atoms with van der Waals surface area (Å²) in [6.45, 7) is 0. The number of rotatable bonds is 0. The molecule has 0 bridgehead atoms. The topological polar surface area (TPSA) is 0 Å². The molecule has 45 valence electrons. The molecule has 5 heteroatoms. The minimum Gasteiger partial charge on any atom is 0 e. The van der Waals surface area contributed by atoms with Crippen molar-refractivity contribution in [2.75, 3.05) is 0 Å². The summed E-state index contributed by atoms with van der Waals surface area (Å²) in [5.41, 5.74) is 0. The molecule has 0 atom stereocenters. The first-order valence-electron chi connectivity index (χ1n) is 0. The van der Waals surface area contributed by atoms with Crippen molar-refractivity contribution in [3.8, 4) is 0 Å². The Bertz CT molecular complexity index is 3.61. The third-order valence-corrected chi connectivity index (χ3v) is 0. The first kappa shape index (κ1) is 33.0. The van der Waals surface area contributed by atoms with E-state index in [0.29, 0.717) is 0 Å². The smallest absolute Gasteiger partial charge is 0 e. The second-order valence-electron chi connectivity index (χ2n) is 0. The molecule has 0 unspecified atom stereocenters. The molecule has 0 heterocycles. The van der Waals surface area contributed by atoms with Crippen LogP contribution in [-0.4, -0.2) is 58.2 Å². The van der Waals surface area contributed by atoms with E-state index in [2.05, 4.69) is 0 Å². The van der Waals surface area contributed by atoms with Crippen molar-refractivity contribution < 1.29 is 89.5 Å². The third kappa shape index (κ3) is 17.7. The van der Waals surface area contributed by atoms with Crippen LogP contribution >= 0.6 is 0 Å². The Balaban J connectivity index is 0. The van der Waals surface area contributed by atoms with Crippen LogP contribution in [0.3, 0.4) is 0 Å². The summed E-state index contributed by atoms with van der Waals surface area (Å²) >= 11 is 0. The number of hydrogen-bond donors (Lipinski definition) is 0. The van der Waals surface area contributed by atoms with Gasteiger partial charge in [0.25, 0.3) is 0 Å². The molecule has 0 aromatic carbocycles. The summed E-state index contributed by atoms with van der Waals surface area (Å²) in [5.74, 6) is 0. The summed E-state index contributed by atoms with van der Waals surface area (Å²) < 4.78 is 0. The van der Waals surface area contributed by atoms with Gasteiger partial charge in [0.15, 0.2) is 0 Å². The van der Waals surface area contributed by atoms with Crippen LogP contribution in [-0.2, 0) is 89.5 Å². The van der Waals surface area contributed by atoms with Gasteiger partial charge in [0.2, 0.25) is 0 Å². The standard InChI is InChI=1S/4Ag.Rb. The number of hydrogen-bond acceptors (Lipinski definition) is 0. The van der Waals surface area contributed by atoms with E-state index in [1.165, 1.54) is 0 Å². The zero-order valence-electron chi connectivity index (χ0n) is 2.21. The van der Waals surface area contributed by atoms with Crippen LogP contribution in [0.15, 0.2) is 0 Å². The molecule has 0 aliphatic carbocycles. The molecule has 0 aromatic heterocycles. The Morgan fingerprint density at radius 3 is 0.400 bits per heavy atom. The predicted octanol–water partition coefficient (Wildman–Crippen LogP) is -0.391. The van der Waals surface area contributed by atoms with Crippen molar-refractivity contribution in [3.63, 3.8) is 0 Å². The quantitative estimate of drug-likeness (QED) is 0.385. The third-order valence-electron chi connectivity index (χ3n) is 0. The summed E-state index contributed by atoms with van der Waals surface area (Å²) in [7, 11) is 0. The fraction of sp³-hybridized carbons (Fsp3) is 0. The van der Waals surface area contributed by atoms with Crippen molar-refractivity contribution in [1.29, 1.82) is 0 Å². The van der Waals surface area contributed by atoms with Gasteiger partial charge in [-0.15, -0.1) is 0 Å². The van der Waals surface area contributed by atoms with Gasteiger partial charge in [0.1, 0.15) is 0 Å². The van der Waals surface area contributed by atoms with Crippen LogP contribution in [0.25, 0.3) is 0 Å². The Labute approximate surface area is 143 Å². The van der Waals surface area contributed by atoms with Crippen LogP contribution in [0.4, 0.5) is 0 Å². The monoisotopic (exact) mass is 513 g/mol. The Morgan fingerprint density at radius 1 is 0.400 bits per heavy atom. The van der Waals surface area contributed by atoms with Crippen LogP contribution < -0.4 is 0 Å². The summed E-state index contributed by atoms with van der Waals surface area (Å²) in [5, 5.41) is 0. The molecule has 0 fully saturated rings. The van der Waals surface area contributed by atoms with Crippen molar-refractivity contribution >= 4 is 58.2 Å². The van der Waals surface area contributed by atoms with Gasteiger partial charge in [-0.05, 0) is 0 Å². The molecule has 0 nitrogen and oxygen atoms in total. The molecule has 0 aromatic rings. The van der Waals surface area contributed by atoms with E-state index in [9.17, 15) is 0 Å². The average molecular weight is 517 g/mol. The van der Waals surface area contributed by atoms with E-state index >= 15 is 0 Å². The zero-order valence-corrected chi connectivity index (χ0v) is 13.1. The fourth-order valence-corrected chi connectivity index (χ4v) is 0. The summed E-state index contributed by atoms with van der Waals surface area (Å²) in [4.78, 5) is 0. The van der Waals surface area contributed by atoms with Gasteiger partial charge in [-0.3, -0.25) is 0 Å². The maximum atomic E-state index is 0. The van der Waals surface area contributed by atoms with Gasteiger partial charge in [0.05, 0.1) is 0 Å². The molecule has 0 aliphatic rings. The largest absolute Gasteiger partial charge is 0 e. The van der Waals surface area contributed by atoms with E-state index in [1.807, 2.05) is 0 Å². The van der Waals surface area contributed by atoms with E-state index in [1.54, 1.807) is 0 Å². The van der Waals surface area contributed by atoms with Gasteiger partial charge in [-0.2, -0.15) is 0 Å². The molecule has 0 rings (SSSR count). The van der Waals surface area contributed by atoms with Crippen LogP contribution in [0.1, 0.15) is 0 Å². The Hall–Kier alpha value is 4.77. The first-order chi connectivity index (χ1) is 0. The Morgan fingerprint density at radius 2 is 0.400 bits per heavy atom. The minimum atomic E-state index is 0. The summed E-state index contributed by atoms with van der Waals surface area (Å²) in [6.07, 6.45) is 0. The van der Waals surface area contributed by atoms with Gasteiger partial charge >= 0.3 is 0 Å². The predicted molar refractivity (Wildman–Crippen MR) is 5.75 cm³/mol. The molecule has 5 heavy (non-hydrogen) atoms. The van der Waals surface area contributed by atoms with Crippen LogP contribution in [0, 0.1) is 0 Å². The maximum absolute atomic E-state index is 0. The van der Waals surface area contributed by atoms with Gasteiger partial charge < -0.3 is 0 Å². The molecule has 0 aliphatic heterocycles. The normalized spacial score (nSPS) is 0. The van der Waals surface area contributed by atoms with Gasteiger partial charge in [-0.1, -0.05) is 0 Å². The van der Waals surface area contributed by atoms with Crippen molar-refractivity contribution in [2.24, 2.45) is 0 Å². The molecule has 5 radical (unpaired) electrons. The van der Waals surface area contributed by atoms with Crippen molar-refractivity contribution in [2.45, 2.75) is 0 Å². The van der Waals surface area contributed by atoms with E-state index in [-0.39, 0.29) is 148 Å². The molecule has 0 spiro atoms. The SMILES string of the molecule is [Ag].[Ag].[Ag].[Ag].[Rb]. The average Bonchev–Trinajstić information content (AvgIpc) is 0. The van der Waals surface area contributed by atoms with E-state index < -0.39 is 0 Å². The second kappa shape index (κ2) is 23.3. The fourth-order valence-electron chi connectivity index (χ4n) is 0. The minimum absolute atomic E-state index is 0. The molecule has 0 amide bonds. The van der Waals surface area contributed by atoms with Crippen molar-refractivity contribution in [1.82, 2.24) is 0 Å². The van der Waals surface area contributed by atoms with Gasteiger partial charge in [0, 0.05) is 148 Å². The summed E-state index contributed by atoms with van der Waals surface area (Å²) in [6, 6.07) is 0. The van der Waals surface area contributed by atoms with E-state index in [0.717, 1.165) is 0 Å². The van der Waals surface area contributed by atoms with Crippen LogP contribution in [0.2, 0.25) is 0 Å².